The van der Waals surface area contributed by atoms with Gasteiger partial charge in [0.2, 0.25) is 5.60 Å². The number of carboxylic acid groups (broad SMARTS) is 1. The largest absolute Gasteiger partial charge is 0.496 e. The second-order valence-electron chi connectivity index (χ2n) is 14.5. The molecule has 4 aromatic rings. The van der Waals surface area contributed by atoms with Gasteiger partial charge in [-0.1, -0.05) is 52.0 Å². The van der Waals surface area contributed by atoms with Crippen LogP contribution in [0.25, 0.3) is 0 Å². The van der Waals surface area contributed by atoms with Crippen molar-refractivity contribution in [2.24, 2.45) is 0 Å². The second kappa shape index (κ2) is 18.8. The lowest BCUT2D eigenvalue weighted by Crippen LogP contribution is -2.57. The fraction of sp³-hybridized carbons (Fsp3) is 0.350. The molecule has 59 heavy (non-hydrogen) atoms. The highest BCUT2D eigenvalue weighted by atomic mass is 19.4. The Morgan fingerprint density at radius 2 is 0.966 bits per heavy atom. The molecule has 0 saturated heterocycles. The third kappa shape index (κ3) is 12.1. The normalized spacial score (nSPS) is 13.9. The molecule has 0 aromatic heterocycles. The SMILES string of the molecule is COc1ccc(F)cc1C(C)(C)CC(O)(C(=O)Nc1ccccc1N)C(F)(F)F.COc1ccc(F)cc1C(C)(C)CC(O)(C(=O)O)C(F)(F)F.Nc1ccccc1N. The molecule has 0 aliphatic carbocycles. The topological polar surface area (TPSA) is 203 Å². The lowest BCUT2D eigenvalue weighted by molar-refractivity contribution is -0.265. The number of rotatable bonds is 11. The number of anilines is 4. The maximum absolute atomic E-state index is 13.8. The maximum Gasteiger partial charge on any atom is 0.428 e. The van der Waals surface area contributed by atoms with Gasteiger partial charge in [0.15, 0.2) is 0 Å². The zero-order valence-corrected chi connectivity index (χ0v) is 32.7. The highest BCUT2D eigenvalue weighted by Gasteiger charge is 2.63. The number of carboxylic acids is 1. The van der Waals surface area contributed by atoms with Gasteiger partial charge < -0.3 is 47.3 Å². The molecule has 10 N–H and O–H groups in total. The molecule has 0 radical (unpaired) electrons. The second-order valence-corrected chi connectivity index (χ2v) is 14.5. The molecule has 2 atom stereocenters. The summed E-state index contributed by atoms with van der Waals surface area (Å²) in [6, 6.07) is 19.6. The molecule has 0 bridgehead atoms. The molecule has 0 fully saturated rings. The molecule has 1 amide bonds. The van der Waals surface area contributed by atoms with Crippen molar-refractivity contribution in [2.45, 2.75) is 74.9 Å². The predicted molar refractivity (Wildman–Crippen MR) is 206 cm³/mol. The Labute approximate surface area is 334 Å². The van der Waals surface area contributed by atoms with Crippen LogP contribution in [0.4, 0.5) is 57.9 Å². The first-order valence-corrected chi connectivity index (χ1v) is 17.2. The summed E-state index contributed by atoms with van der Waals surface area (Å²) in [7, 11) is 2.54. The smallest absolute Gasteiger partial charge is 0.428 e. The van der Waals surface area contributed by atoms with Gasteiger partial charge in [0.05, 0.1) is 37.0 Å². The quantitative estimate of drug-likeness (QED) is 0.0578. The fourth-order valence-electron chi connectivity index (χ4n) is 5.84. The minimum Gasteiger partial charge on any atom is -0.496 e. The summed E-state index contributed by atoms with van der Waals surface area (Å²) in [5, 5.41) is 30.9. The summed E-state index contributed by atoms with van der Waals surface area (Å²) in [6.07, 6.45) is -13.0. The highest BCUT2D eigenvalue weighted by molar-refractivity contribution is 6.00. The standard InChI is InChI=1S/C20H22F4N2O3.C14H16F4O4.C6H8N2/c1-18(2,13-10-12(21)8-9-16(13)29-3)11-19(28,20(22,23)24)17(27)26-15-7-5-4-6-14(15)25;1-12(2,7-13(21,11(19)20)14(16,17)18)9-6-8(15)4-5-10(9)22-3;7-5-3-1-2-4-6(5)8/h4-10,28H,11,25H2,1-3H3,(H,26,27);4-6,21H,7H2,1-3H3,(H,19,20);1-4H,7-8H2. The number of nitrogen functional groups attached to an aromatic ring is 3. The van der Waals surface area contributed by atoms with Gasteiger partial charge in [-0.3, -0.25) is 4.79 Å². The van der Waals surface area contributed by atoms with Gasteiger partial charge >= 0.3 is 18.3 Å². The van der Waals surface area contributed by atoms with E-state index >= 15 is 0 Å². The molecule has 0 heterocycles. The van der Waals surface area contributed by atoms with Crippen LogP contribution in [0.15, 0.2) is 84.9 Å². The predicted octanol–water partition coefficient (Wildman–Crippen LogP) is 7.75. The monoisotopic (exact) mass is 846 g/mol. The van der Waals surface area contributed by atoms with Crippen LogP contribution in [-0.2, 0) is 20.4 Å². The summed E-state index contributed by atoms with van der Waals surface area (Å²) in [6.45, 7) is 5.24. The van der Waals surface area contributed by atoms with E-state index < -0.39 is 70.7 Å². The van der Waals surface area contributed by atoms with E-state index in [1.54, 1.807) is 18.2 Å². The van der Waals surface area contributed by atoms with Crippen LogP contribution in [0.1, 0.15) is 51.7 Å². The van der Waals surface area contributed by atoms with Crippen LogP contribution in [-0.4, -0.2) is 65.0 Å². The van der Waals surface area contributed by atoms with Crippen LogP contribution >= 0.6 is 0 Å². The number of para-hydroxylation sites is 4. The van der Waals surface area contributed by atoms with Crippen LogP contribution in [0, 0.1) is 11.6 Å². The van der Waals surface area contributed by atoms with Crippen molar-refractivity contribution < 1.29 is 69.5 Å². The Bertz CT molecular complexity index is 2060. The van der Waals surface area contributed by atoms with Gasteiger partial charge in [0, 0.05) is 24.0 Å². The van der Waals surface area contributed by atoms with E-state index in [-0.39, 0.29) is 34.0 Å². The first-order valence-electron chi connectivity index (χ1n) is 17.2. The molecular formula is C40H46F8N4O7. The average molecular weight is 847 g/mol. The summed E-state index contributed by atoms with van der Waals surface area (Å²) >= 11 is 0. The van der Waals surface area contributed by atoms with E-state index in [9.17, 15) is 54.9 Å². The van der Waals surface area contributed by atoms with Crippen molar-refractivity contribution in [2.75, 3.05) is 36.7 Å². The van der Waals surface area contributed by atoms with Gasteiger partial charge in [-0.15, -0.1) is 0 Å². The van der Waals surface area contributed by atoms with Crippen LogP contribution in [0.5, 0.6) is 11.5 Å². The Kier molecular flexibility index (Phi) is 15.7. The van der Waals surface area contributed by atoms with Gasteiger partial charge in [-0.05, 0) is 71.5 Å². The molecule has 0 aliphatic rings. The van der Waals surface area contributed by atoms with E-state index in [1.807, 2.05) is 17.4 Å². The zero-order valence-electron chi connectivity index (χ0n) is 32.7. The van der Waals surface area contributed by atoms with Crippen molar-refractivity contribution in [3.8, 4) is 11.5 Å². The van der Waals surface area contributed by atoms with E-state index in [1.165, 1.54) is 72.2 Å². The van der Waals surface area contributed by atoms with Crippen molar-refractivity contribution in [1.29, 1.82) is 0 Å². The minimum atomic E-state index is -5.38. The number of carbonyl (C=O) groups excluding carboxylic acids is 1. The molecule has 11 nitrogen and oxygen atoms in total. The van der Waals surface area contributed by atoms with E-state index in [0.29, 0.717) is 11.4 Å². The molecule has 2 unspecified atom stereocenters. The number of halogens is 8. The number of aliphatic carboxylic acids is 1. The number of nitrogens with one attached hydrogen (secondary N) is 1. The Balaban J connectivity index is 0.000000350. The van der Waals surface area contributed by atoms with Gasteiger partial charge in [0.1, 0.15) is 23.1 Å². The number of nitrogens with two attached hydrogens (primary N) is 3. The number of aliphatic hydroxyl groups is 2. The molecule has 0 aliphatic heterocycles. The first-order chi connectivity index (χ1) is 27.0. The van der Waals surface area contributed by atoms with Crippen LogP contribution in [0.2, 0.25) is 0 Å². The summed E-state index contributed by atoms with van der Waals surface area (Å²) in [5.41, 5.74) is 7.09. The van der Waals surface area contributed by atoms with Crippen LogP contribution < -0.4 is 32.0 Å². The maximum atomic E-state index is 13.8. The van der Waals surface area contributed by atoms with Crippen molar-refractivity contribution in [1.82, 2.24) is 0 Å². The number of methoxy groups -OCH3 is 2. The molecule has 324 valence electrons. The van der Waals surface area contributed by atoms with Crippen molar-refractivity contribution >= 4 is 34.6 Å². The fourth-order valence-corrected chi connectivity index (χ4v) is 5.84. The molecule has 0 spiro atoms. The number of ether oxygens (including phenoxy) is 2. The van der Waals surface area contributed by atoms with Gasteiger partial charge in [-0.25, -0.2) is 13.6 Å². The van der Waals surface area contributed by atoms with Crippen molar-refractivity contribution in [3.63, 3.8) is 0 Å². The zero-order chi connectivity index (χ0) is 45.4. The molecule has 4 rings (SSSR count). The number of hydrogen-bond donors (Lipinski definition) is 7. The summed E-state index contributed by atoms with van der Waals surface area (Å²) in [5.74, 6) is -5.27. The lowest BCUT2D eigenvalue weighted by Gasteiger charge is -2.37. The summed E-state index contributed by atoms with van der Waals surface area (Å²) in [4.78, 5) is 23.4. The number of hydrogen-bond acceptors (Lipinski definition) is 9. The third-order valence-corrected chi connectivity index (χ3v) is 9.05. The van der Waals surface area contributed by atoms with E-state index in [0.717, 1.165) is 24.3 Å². The Morgan fingerprint density at radius 1 is 0.610 bits per heavy atom. The number of carbonyl (C=O) groups is 2. The van der Waals surface area contributed by atoms with Gasteiger partial charge in [0.25, 0.3) is 11.5 Å². The average Bonchev–Trinajstić information content (AvgIpc) is 3.13. The minimum absolute atomic E-state index is 0.0268. The molecule has 4 aromatic carbocycles. The van der Waals surface area contributed by atoms with Crippen LogP contribution in [0.3, 0.4) is 0 Å². The summed E-state index contributed by atoms with van der Waals surface area (Å²) < 4.78 is 117. The molecule has 0 saturated carbocycles. The van der Waals surface area contributed by atoms with Gasteiger partial charge in [-0.2, -0.15) is 26.3 Å². The highest BCUT2D eigenvalue weighted by Crippen LogP contribution is 2.45. The Morgan fingerprint density at radius 3 is 1.29 bits per heavy atom. The third-order valence-electron chi connectivity index (χ3n) is 9.05. The molecular weight excluding hydrogens is 800 g/mol. The first kappa shape index (κ1) is 49.3. The van der Waals surface area contributed by atoms with E-state index in [2.05, 4.69) is 0 Å². The number of amides is 1. The Hall–Kier alpha value is -5.82. The van der Waals surface area contributed by atoms with E-state index in [4.69, 9.17) is 31.8 Å². The molecule has 19 heteroatoms. The van der Waals surface area contributed by atoms with Crippen molar-refractivity contribution in [3.05, 3.63) is 108 Å². The number of benzene rings is 4. The number of alkyl halides is 6. The lowest BCUT2D eigenvalue weighted by atomic mass is 9.74.